The second kappa shape index (κ2) is 6.00. The summed E-state index contributed by atoms with van der Waals surface area (Å²) in [6, 6.07) is 4.66. The average molecular weight is 276 g/mol. The number of nitrogens with zero attached hydrogens (tertiary/aromatic N) is 2. The molecule has 1 aliphatic heterocycles. The van der Waals surface area contributed by atoms with Crippen LogP contribution in [0.5, 0.6) is 0 Å². The highest BCUT2D eigenvalue weighted by molar-refractivity contribution is 5.93. The van der Waals surface area contributed by atoms with Gasteiger partial charge in [0.05, 0.1) is 0 Å². The smallest absolute Gasteiger partial charge is 0.270 e. The predicted octanol–water partition coefficient (Wildman–Crippen LogP) is 2.59. The Morgan fingerprint density at radius 1 is 1.25 bits per heavy atom. The van der Waals surface area contributed by atoms with Gasteiger partial charge in [0, 0.05) is 31.4 Å². The van der Waals surface area contributed by atoms with Crippen LogP contribution in [-0.2, 0) is 0 Å². The molecule has 110 valence electrons. The van der Waals surface area contributed by atoms with Gasteiger partial charge in [-0.25, -0.2) is 0 Å². The van der Waals surface area contributed by atoms with Crippen molar-refractivity contribution in [3.05, 3.63) is 24.0 Å². The fourth-order valence-electron chi connectivity index (χ4n) is 3.42. The van der Waals surface area contributed by atoms with Gasteiger partial charge in [0.1, 0.15) is 5.69 Å². The Balaban J connectivity index is 1.78. The number of amides is 1. The number of carbonyl (C=O) groups excluding carboxylic acids is 1. The van der Waals surface area contributed by atoms with Crippen LogP contribution in [0.1, 0.15) is 61.5 Å². The normalized spacial score (nSPS) is 23.6. The number of piperidine rings is 1. The monoisotopic (exact) mass is 276 g/mol. The minimum Gasteiger partial charge on any atom is -0.396 e. The topological polar surface area (TPSA) is 45.5 Å². The zero-order valence-corrected chi connectivity index (χ0v) is 12.0. The van der Waals surface area contributed by atoms with Gasteiger partial charge in [-0.15, -0.1) is 0 Å². The van der Waals surface area contributed by atoms with Gasteiger partial charge in [-0.1, -0.05) is 0 Å². The second-order valence-electron chi connectivity index (χ2n) is 6.05. The zero-order chi connectivity index (χ0) is 13.9. The molecule has 1 unspecified atom stereocenters. The summed E-state index contributed by atoms with van der Waals surface area (Å²) in [6.45, 7) is 0.997. The molecular weight excluding hydrogens is 252 g/mol. The van der Waals surface area contributed by atoms with E-state index >= 15 is 0 Å². The fraction of sp³-hybridized carbons (Fsp3) is 0.688. The van der Waals surface area contributed by atoms with Gasteiger partial charge in [-0.3, -0.25) is 4.79 Å². The highest BCUT2D eigenvalue weighted by atomic mass is 16.3. The second-order valence-corrected chi connectivity index (χ2v) is 6.05. The lowest BCUT2D eigenvalue weighted by molar-refractivity contribution is 0.0558. The maximum absolute atomic E-state index is 12.8. The molecule has 1 aromatic heterocycles. The molecule has 0 radical (unpaired) electrons. The summed E-state index contributed by atoms with van der Waals surface area (Å²) in [6.07, 6.45) is 9.67. The summed E-state index contributed by atoms with van der Waals surface area (Å²) < 4.78 is 2.16. The van der Waals surface area contributed by atoms with E-state index in [9.17, 15) is 9.90 Å². The number of aliphatic hydroxyl groups is 1. The van der Waals surface area contributed by atoms with E-state index < -0.39 is 0 Å². The minimum absolute atomic E-state index is 0.153. The molecular formula is C16H24N2O2. The maximum Gasteiger partial charge on any atom is 0.270 e. The largest absolute Gasteiger partial charge is 0.396 e. The van der Waals surface area contributed by atoms with Crippen molar-refractivity contribution in [3.8, 4) is 0 Å². The van der Waals surface area contributed by atoms with Crippen LogP contribution < -0.4 is 0 Å². The number of hydrogen-bond donors (Lipinski definition) is 1. The summed E-state index contributed by atoms with van der Waals surface area (Å²) >= 11 is 0. The average Bonchev–Trinajstić information content (AvgIpc) is 2.86. The van der Waals surface area contributed by atoms with Crippen molar-refractivity contribution < 1.29 is 9.90 Å². The highest BCUT2D eigenvalue weighted by Gasteiger charge is 2.30. The number of rotatable bonds is 4. The van der Waals surface area contributed by atoms with E-state index in [0.717, 1.165) is 31.5 Å². The van der Waals surface area contributed by atoms with Crippen molar-refractivity contribution in [2.24, 2.45) is 0 Å². The number of aromatic nitrogens is 1. The Hall–Kier alpha value is -1.29. The summed E-state index contributed by atoms with van der Waals surface area (Å²) in [4.78, 5) is 14.8. The van der Waals surface area contributed by atoms with E-state index in [0.29, 0.717) is 12.5 Å². The summed E-state index contributed by atoms with van der Waals surface area (Å²) in [7, 11) is 0. The molecule has 0 bridgehead atoms. The summed E-state index contributed by atoms with van der Waals surface area (Å²) in [5.74, 6) is 0.153. The highest BCUT2D eigenvalue weighted by Crippen LogP contribution is 2.33. The van der Waals surface area contributed by atoms with Crippen molar-refractivity contribution >= 4 is 5.91 Å². The Morgan fingerprint density at radius 2 is 2.10 bits per heavy atom. The van der Waals surface area contributed by atoms with Crippen LogP contribution in [0, 0.1) is 0 Å². The zero-order valence-electron chi connectivity index (χ0n) is 12.0. The molecule has 4 heteroatoms. The lowest BCUT2D eigenvalue weighted by atomic mass is 9.92. The van der Waals surface area contributed by atoms with Crippen LogP contribution in [-0.4, -0.2) is 39.7 Å². The van der Waals surface area contributed by atoms with Crippen molar-refractivity contribution in [2.45, 2.75) is 57.0 Å². The summed E-state index contributed by atoms with van der Waals surface area (Å²) in [5.41, 5.74) is 0.833. The molecule has 4 nitrogen and oxygen atoms in total. The Morgan fingerprint density at radius 3 is 2.80 bits per heavy atom. The Labute approximate surface area is 120 Å². The number of hydrogen-bond acceptors (Lipinski definition) is 2. The molecule has 1 amide bonds. The third-order valence-corrected chi connectivity index (χ3v) is 4.82. The molecule has 1 atom stereocenters. The lowest BCUT2D eigenvalue weighted by Crippen LogP contribution is -2.45. The van der Waals surface area contributed by atoms with Crippen LogP contribution >= 0.6 is 0 Å². The molecule has 1 N–H and O–H groups in total. The molecule has 3 rings (SSSR count). The molecule has 0 spiro atoms. The quantitative estimate of drug-likeness (QED) is 0.918. The first-order chi connectivity index (χ1) is 9.81. The standard InChI is InChI=1S/C16H24N2O2/c19-12-9-14-5-1-2-10-18(14)16(20)15-8-4-11-17(15)13-6-3-7-13/h4,8,11,13-14,19H,1-3,5-7,9-10,12H2. The Bertz CT molecular complexity index is 463. The van der Waals surface area contributed by atoms with Crippen molar-refractivity contribution in [1.29, 1.82) is 0 Å². The molecule has 1 aliphatic carbocycles. The van der Waals surface area contributed by atoms with E-state index in [1.165, 1.54) is 19.3 Å². The third-order valence-electron chi connectivity index (χ3n) is 4.82. The van der Waals surface area contributed by atoms with Crippen LogP contribution in [0.3, 0.4) is 0 Å². The predicted molar refractivity (Wildman–Crippen MR) is 77.7 cm³/mol. The van der Waals surface area contributed by atoms with Gasteiger partial charge < -0.3 is 14.6 Å². The molecule has 0 aromatic carbocycles. The Kier molecular flexibility index (Phi) is 4.10. The van der Waals surface area contributed by atoms with Gasteiger partial charge >= 0.3 is 0 Å². The number of carbonyl (C=O) groups is 1. The number of aliphatic hydroxyl groups excluding tert-OH is 1. The van der Waals surface area contributed by atoms with Crippen molar-refractivity contribution in [1.82, 2.24) is 9.47 Å². The maximum atomic E-state index is 12.8. The van der Waals surface area contributed by atoms with E-state index in [-0.39, 0.29) is 18.6 Å². The minimum atomic E-state index is 0.153. The van der Waals surface area contributed by atoms with Gasteiger partial charge in [-0.2, -0.15) is 0 Å². The van der Waals surface area contributed by atoms with Gasteiger partial charge in [0.25, 0.3) is 5.91 Å². The van der Waals surface area contributed by atoms with Gasteiger partial charge in [0.15, 0.2) is 0 Å². The molecule has 1 saturated carbocycles. The molecule has 2 aliphatic rings. The first-order valence-corrected chi connectivity index (χ1v) is 7.90. The van der Waals surface area contributed by atoms with Crippen LogP contribution in [0.2, 0.25) is 0 Å². The number of likely N-dealkylation sites (tertiary alicyclic amines) is 1. The molecule has 1 saturated heterocycles. The SMILES string of the molecule is O=C(c1cccn1C1CCC1)N1CCCCC1CCO. The first kappa shape index (κ1) is 13.7. The van der Waals surface area contributed by atoms with Crippen LogP contribution in [0.4, 0.5) is 0 Å². The van der Waals surface area contributed by atoms with E-state index in [1.54, 1.807) is 0 Å². The van der Waals surface area contributed by atoms with Crippen molar-refractivity contribution in [2.75, 3.05) is 13.2 Å². The van der Waals surface area contributed by atoms with Gasteiger partial charge in [-0.05, 0) is 57.1 Å². The lowest BCUT2D eigenvalue weighted by Gasteiger charge is -2.37. The van der Waals surface area contributed by atoms with Crippen LogP contribution in [0.25, 0.3) is 0 Å². The first-order valence-electron chi connectivity index (χ1n) is 7.90. The fourth-order valence-corrected chi connectivity index (χ4v) is 3.42. The van der Waals surface area contributed by atoms with Crippen LogP contribution in [0.15, 0.2) is 18.3 Å². The van der Waals surface area contributed by atoms with E-state index in [4.69, 9.17) is 0 Å². The molecule has 2 heterocycles. The van der Waals surface area contributed by atoms with Crippen molar-refractivity contribution in [3.63, 3.8) is 0 Å². The van der Waals surface area contributed by atoms with E-state index in [1.807, 2.05) is 23.2 Å². The van der Waals surface area contributed by atoms with E-state index in [2.05, 4.69) is 4.57 Å². The third kappa shape index (κ3) is 2.49. The molecule has 1 aromatic rings. The molecule has 20 heavy (non-hydrogen) atoms. The summed E-state index contributed by atoms with van der Waals surface area (Å²) in [5, 5.41) is 9.20. The van der Waals surface area contributed by atoms with Gasteiger partial charge in [0.2, 0.25) is 0 Å². The molecule has 2 fully saturated rings.